The maximum absolute atomic E-state index is 14.3. The molecule has 4 aromatic rings. The molecule has 1 fully saturated rings. The van der Waals surface area contributed by atoms with Crippen LogP contribution >= 0.6 is 34.7 Å². The van der Waals surface area contributed by atoms with Gasteiger partial charge >= 0.3 is 5.91 Å². The van der Waals surface area contributed by atoms with E-state index in [4.69, 9.17) is 11.6 Å². The van der Waals surface area contributed by atoms with Crippen molar-refractivity contribution < 1.29 is 24.0 Å². The van der Waals surface area contributed by atoms with Crippen LogP contribution in [-0.4, -0.2) is 31.9 Å². The Bertz CT molecular complexity index is 1690. The summed E-state index contributed by atoms with van der Waals surface area (Å²) in [7, 11) is 0. The predicted octanol–water partition coefficient (Wildman–Crippen LogP) is 6.47. The first-order chi connectivity index (χ1) is 19.2. The molecule has 5 rings (SSSR count). The van der Waals surface area contributed by atoms with E-state index in [-0.39, 0.29) is 22.0 Å². The molecular weight excluding hydrogens is 579 g/mol. The van der Waals surface area contributed by atoms with Crippen LogP contribution in [0.15, 0.2) is 76.6 Å². The van der Waals surface area contributed by atoms with Gasteiger partial charge in [-0.1, -0.05) is 65.0 Å². The molecular formula is C27H18ClFN4O5S2. The van der Waals surface area contributed by atoms with Crippen molar-refractivity contribution >= 4 is 63.0 Å². The fraction of sp³-hybridized carbons (Fsp3) is 0.111. The smallest absolute Gasteiger partial charge is 0.301 e. The molecule has 1 amide bonds. The highest BCUT2D eigenvalue weighted by Crippen LogP contribution is 2.44. The fourth-order valence-electron chi connectivity index (χ4n) is 4.13. The van der Waals surface area contributed by atoms with Crippen LogP contribution in [0.2, 0.25) is 5.02 Å². The van der Waals surface area contributed by atoms with Gasteiger partial charge < -0.3 is 5.11 Å². The molecule has 13 heteroatoms. The summed E-state index contributed by atoms with van der Waals surface area (Å²) in [4.78, 5) is 38.3. The molecule has 0 aliphatic carbocycles. The summed E-state index contributed by atoms with van der Waals surface area (Å²) in [6.45, 7) is 1.55. The van der Waals surface area contributed by atoms with Gasteiger partial charge in [0.15, 0.2) is 4.34 Å². The third kappa shape index (κ3) is 5.20. The molecule has 0 saturated carbocycles. The number of anilines is 1. The van der Waals surface area contributed by atoms with Crippen LogP contribution in [-0.2, 0) is 15.3 Å². The van der Waals surface area contributed by atoms with Crippen LogP contribution in [0.25, 0.3) is 5.76 Å². The second kappa shape index (κ2) is 11.2. The molecule has 1 aliphatic heterocycles. The number of rotatable bonds is 7. The van der Waals surface area contributed by atoms with Gasteiger partial charge in [0.05, 0.1) is 16.5 Å². The van der Waals surface area contributed by atoms with E-state index in [0.29, 0.717) is 26.2 Å². The lowest BCUT2D eigenvalue weighted by molar-refractivity contribution is -0.384. The molecule has 3 aromatic carbocycles. The van der Waals surface area contributed by atoms with Crippen molar-refractivity contribution in [3.05, 3.63) is 116 Å². The molecule has 202 valence electrons. The normalized spacial score (nSPS) is 16.5. The lowest BCUT2D eigenvalue weighted by Crippen LogP contribution is -2.29. The van der Waals surface area contributed by atoms with Gasteiger partial charge in [0, 0.05) is 28.5 Å². The first-order valence-electron chi connectivity index (χ1n) is 11.7. The molecule has 0 spiro atoms. The van der Waals surface area contributed by atoms with E-state index in [0.717, 1.165) is 27.9 Å². The van der Waals surface area contributed by atoms with Gasteiger partial charge in [0.25, 0.3) is 11.5 Å². The number of aliphatic hydroxyl groups is 1. The molecule has 2 heterocycles. The number of hydrogen-bond acceptors (Lipinski definition) is 9. The number of aromatic nitrogens is 2. The second-order valence-corrected chi connectivity index (χ2v) is 11.3. The molecule has 1 atom stereocenters. The zero-order valence-electron chi connectivity index (χ0n) is 20.6. The number of carbonyl (C=O) groups excluding carboxylic acids is 2. The van der Waals surface area contributed by atoms with Gasteiger partial charge in [-0.05, 0) is 47.9 Å². The number of Topliss-reactive ketones (excluding diaryl/α,β-unsaturated/α-hetero) is 1. The van der Waals surface area contributed by atoms with Crippen LogP contribution in [0.5, 0.6) is 0 Å². The summed E-state index contributed by atoms with van der Waals surface area (Å²) in [5.74, 6) is -2.69. The zero-order valence-corrected chi connectivity index (χ0v) is 23.0. The number of nitro benzene ring substituents is 1. The Morgan fingerprint density at radius 1 is 1.15 bits per heavy atom. The summed E-state index contributed by atoms with van der Waals surface area (Å²) < 4.78 is 14.8. The van der Waals surface area contributed by atoms with Crippen molar-refractivity contribution in [1.82, 2.24) is 10.2 Å². The first-order valence-corrected chi connectivity index (χ1v) is 13.8. The minimum Gasteiger partial charge on any atom is -0.507 e. The topological polar surface area (TPSA) is 127 Å². The summed E-state index contributed by atoms with van der Waals surface area (Å²) >= 11 is 8.63. The van der Waals surface area contributed by atoms with E-state index in [1.807, 2.05) is 18.2 Å². The zero-order chi connectivity index (χ0) is 28.6. The molecule has 1 saturated heterocycles. The van der Waals surface area contributed by atoms with Crippen molar-refractivity contribution in [3.63, 3.8) is 0 Å². The predicted molar refractivity (Wildman–Crippen MR) is 150 cm³/mol. The molecule has 0 unspecified atom stereocenters. The number of aliphatic hydroxyl groups excluding tert-OH is 1. The van der Waals surface area contributed by atoms with Crippen molar-refractivity contribution in [3.8, 4) is 0 Å². The Balaban J connectivity index is 1.57. The number of benzene rings is 3. The number of nitrogens with zero attached hydrogens (tertiary/aromatic N) is 4. The Morgan fingerprint density at radius 3 is 2.55 bits per heavy atom. The number of hydrogen-bond donors (Lipinski definition) is 1. The van der Waals surface area contributed by atoms with Gasteiger partial charge in [-0.2, -0.15) is 0 Å². The quantitative estimate of drug-likeness (QED) is 0.0489. The number of carbonyl (C=O) groups is 2. The van der Waals surface area contributed by atoms with Crippen molar-refractivity contribution in [2.24, 2.45) is 0 Å². The average molecular weight is 597 g/mol. The van der Waals surface area contributed by atoms with Crippen molar-refractivity contribution in [1.29, 1.82) is 0 Å². The van der Waals surface area contributed by atoms with Crippen molar-refractivity contribution in [2.75, 3.05) is 4.90 Å². The monoisotopic (exact) mass is 596 g/mol. The number of ketones is 1. The number of nitro groups is 1. The van der Waals surface area contributed by atoms with Crippen LogP contribution in [0.3, 0.4) is 0 Å². The molecule has 1 aromatic heterocycles. The van der Waals surface area contributed by atoms with Crippen molar-refractivity contribution in [2.45, 2.75) is 23.1 Å². The highest BCUT2D eigenvalue weighted by Gasteiger charge is 2.48. The minimum absolute atomic E-state index is 0.00117. The van der Waals surface area contributed by atoms with Gasteiger partial charge in [-0.15, -0.1) is 10.2 Å². The van der Waals surface area contributed by atoms with E-state index in [9.17, 15) is 29.2 Å². The van der Waals surface area contributed by atoms with Crippen LogP contribution in [0.4, 0.5) is 15.2 Å². The summed E-state index contributed by atoms with van der Waals surface area (Å²) in [5.41, 5.74) is 1.01. The van der Waals surface area contributed by atoms with Gasteiger partial charge in [0.2, 0.25) is 5.13 Å². The first kappa shape index (κ1) is 27.4. The Kier molecular flexibility index (Phi) is 7.66. The number of thioether (sulfide) groups is 1. The number of aryl methyl sites for hydroxylation is 1. The Labute approximate surface area is 240 Å². The Hall–Kier alpha value is -4.13. The highest BCUT2D eigenvalue weighted by molar-refractivity contribution is 8.00. The summed E-state index contributed by atoms with van der Waals surface area (Å²) in [5, 5.41) is 31.3. The highest BCUT2D eigenvalue weighted by atomic mass is 35.5. The number of non-ortho nitro benzene ring substituents is 1. The van der Waals surface area contributed by atoms with Crippen LogP contribution < -0.4 is 4.90 Å². The second-order valence-electron chi connectivity index (χ2n) is 8.71. The van der Waals surface area contributed by atoms with E-state index in [1.54, 1.807) is 13.0 Å². The fourth-order valence-corrected chi connectivity index (χ4v) is 6.29. The minimum atomic E-state index is -1.19. The van der Waals surface area contributed by atoms with E-state index < -0.39 is 34.2 Å². The van der Waals surface area contributed by atoms with Crippen LogP contribution in [0, 0.1) is 22.9 Å². The number of halogens is 2. The molecule has 1 aliphatic rings. The number of amides is 1. The summed E-state index contributed by atoms with van der Waals surface area (Å²) in [6, 6.07) is 15.3. The molecule has 0 bridgehead atoms. The largest absolute Gasteiger partial charge is 0.507 e. The van der Waals surface area contributed by atoms with E-state index in [1.165, 1.54) is 48.2 Å². The van der Waals surface area contributed by atoms with Gasteiger partial charge in [-0.3, -0.25) is 24.6 Å². The maximum Gasteiger partial charge on any atom is 0.301 e. The lowest BCUT2D eigenvalue weighted by atomic mass is 9.95. The third-order valence-electron chi connectivity index (χ3n) is 6.22. The lowest BCUT2D eigenvalue weighted by Gasteiger charge is -2.22. The van der Waals surface area contributed by atoms with Crippen LogP contribution in [0.1, 0.15) is 28.3 Å². The van der Waals surface area contributed by atoms with E-state index >= 15 is 0 Å². The van der Waals surface area contributed by atoms with Gasteiger partial charge in [-0.25, -0.2) is 4.39 Å². The molecule has 9 nitrogen and oxygen atoms in total. The summed E-state index contributed by atoms with van der Waals surface area (Å²) in [6.07, 6.45) is 0. The SMILES string of the molecule is Cc1ccc(C(O)=C2C(=O)C(=O)N(c3nnc(SCc4ccccc4Cl)s3)[C@@H]2c2ccc([N+](=O)[O-])cc2)cc1F. The molecule has 40 heavy (non-hydrogen) atoms. The molecule has 0 radical (unpaired) electrons. The molecule has 1 N–H and O–H groups in total. The van der Waals surface area contributed by atoms with E-state index in [2.05, 4.69) is 10.2 Å². The standard InChI is InChI=1S/C27H18ClFN4O5S2/c1-14-6-7-16(12-20(14)29)23(34)21-22(15-8-10-18(11-9-15)33(37)38)32(25(36)24(21)35)26-30-31-27(40-26)39-13-17-4-2-3-5-19(17)28/h2-12,22,34H,13H2,1H3/t22-/m1/s1. The Morgan fingerprint density at radius 2 is 1.88 bits per heavy atom. The average Bonchev–Trinajstić information content (AvgIpc) is 3.51. The van der Waals surface area contributed by atoms with Gasteiger partial charge in [0.1, 0.15) is 11.6 Å². The third-order valence-corrected chi connectivity index (χ3v) is 8.69. The maximum atomic E-state index is 14.3.